The van der Waals surface area contributed by atoms with Gasteiger partial charge in [-0.05, 0) is 63.6 Å². The molecular formula is C23H28N2O3S. The minimum absolute atomic E-state index is 0.0460. The van der Waals surface area contributed by atoms with Gasteiger partial charge in [-0.3, -0.25) is 4.79 Å². The molecule has 0 aromatic heterocycles. The molecule has 1 aliphatic heterocycles. The van der Waals surface area contributed by atoms with E-state index in [2.05, 4.69) is 24.1 Å². The van der Waals surface area contributed by atoms with Gasteiger partial charge in [0.2, 0.25) is 0 Å². The van der Waals surface area contributed by atoms with Gasteiger partial charge in [0.1, 0.15) is 10.7 Å². The molecule has 1 amide bonds. The quantitative estimate of drug-likeness (QED) is 0.749. The predicted octanol–water partition coefficient (Wildman–Crippen LogP) is 4.11. The van der Waals surface area contributed by atoms with Gasteiger partial charge < -0.3 is 19.7 Å². The third-order valence-electron chi connectivity index (χ3n) is 4.83. The van der Waals surface area contributed by atoms with Gasteiger partial charge in [-0.15, -0.1) is 0 Å². The van der Waals surface area contributed by atoms with Crippen LogP contribution in [0, 0.1) is 13.8 Å². The zero-order chi connectivity index (χ0) is 21.0. The number of thiocarbonyl (C=S) groups is 1. The fourth-order valence-corrected chi connectivity index (χ4v) is 3.79. The van der Waals surface area contributed by atoms with Gasteiger partial charge in [-0.25, -0.2) is 0 Å². The van der Waals surface area contributed by atoms with Gasteiger partial charge >= 0.3 is 0 Å². The number of hydrogen-bond acceptors (Lipinski definition) is 4. The molecule has 29 heavy (non-hydrogen) atoms. The summed E-state index contributed by atoms with van der Waals surface area (Å²) in [5, 5.41) is 2.89. The lowest BCUT2D eigenvalue weighted by molar-refractivity contribution is -0.118. The van der Waals surface area contributed by atoms with E-state index in [4.69, 9.17) is 21.7 Å². The van der Waals surface area contributed by atoms with Crippen molar-refractivity contribution in [2.75, 3.05) is 25.0 Å². The summed E-state index contributed by atoms with van der Waals surface area (Å²) in [7, 11) is 0. The van der Waals surface area contributed by atoms with Gasteiger partial charge in [-0.2, -0.15) is 0 Å². The van der Waals surface area contributed by atoms with Crippen molar-refractivity contribution in [3.8, 4) is 5.75 Å². The van der Waals surface area contributed by atoms with Crippen LogP contribution in [0.4, 0.5) is 5.69 Å². The van der Waals surface area contributed by atoms with Gasteiger partial charge in [0, 0.05) is 24.3 Å². The van der Waals surface area contributed by atoms with E-state index in [9.17, 15) is 4.79 Å². The molecule has 5 nitrogen and oxygen atoms in total. The van der Waals surface area contributed by atoms with E-state index in [1.165, 1.54) is 0 Å². The first-order chi connectivity index (χ1) is 13.8. The van der Waals surface area contributed by atoms with E-state index >= 15 is 0 Å². The Morgan fingerprint density at radius 2 is 1.79 bits per heavy atom. The van der Waals surface area contributed by atoms with Crippen molar-refractivity contribution in [3.05, 3.63) is 59.2 Å². The lowest BCUT2D eigenvalue weighted by Crippen LogP contribution is -2.47. The van der Waals surface area contributed by atoms with Crippen molar-refractivity contribution in [1.82, 2.24) is 4.90 Å². The Morgan fingerprint density at radius 3 is 2.41 bits per heavy atom. The summed E-state index contributed by atoms with van der Waals surface area (Å²) >= 11 is 5.66. The molecule has 0 bridgehead atoms. The molecule has 6 heteroatoms. The number of ether oxygens (including phenoxy) is 2. The SMILES string of the molecule is Cc1ccc(NC(=O)COc2ccc(C(=S)N3C[C@H](C)O[C@@H](C)C3)cc2)c(C)c1. The van der Waals surface area contributed by atoms with Gasteiger partial charge in [0.15, 0.2) is 6.61 Å². The minimum atomic E-state index is -0.187. The summed E-state index contributed by atoms with van der Waals surface area (Å²) < 4.78 is 11.4. The number of hydrogen-bond donors (Lipinski definition) is 1. The molecule has 1 aliphatic rings. The molecule has 1 heterocycles. The second-order valence-electron chi connectivity index (χ2n) is 7.65. The zero-order valence-electron chi connectivity index (χ0n) is 17.4. The summed E-state index contributed by atoms with van der Waals surface area (Å²) in [5.41, 5.74) is 3.96. The van der Waals surface area contributed by atoms with E-state index in [0.29, 0.717) is 5.75 Å². The fourth-order valence-electron chi connectivity index (χ4n) is 3.51. The Labute approximate surface area is 178 Å². The topological polar surface area (TPSA) is 50.8 Å². The van der Waals surface area contributed by atoms with E-state index in [1.807, 2.05) is 56.3 Å². The van der Waals surface area contributed by atoms with Gasteiger partial charge in [0.05, 0.1) is 12.2 Å². The lowest BCUT2D eigenvalue weighted by Gasteiger charge is -2.37. The maximum absolute atomic E-state index is 12.2. The van der Waals surface area contributed by atoms with Crippen molar-refractivity contribution in [2.24, 2.45) is 0 Å². The highest BCUT2D eigenvalue weighted by Gasteiger charge is 2.24. The van der Waals surface area contributed by atoms with Crippen molar-refractivity contribution in [3.63, 3.8) is 0 Å². The third-order valence-corrected chi connectivity index (χ3v) is 5.33. The molecule has 2 atom stereocenters. The zero-order valence-corrected chi connectivity index (χ0v) is 18.2. The maximum atomic E-state index is 12.2. The minimum Gasteiger partial charge on any atom is -0.484 e. The molecule has 1 saturated heterocycles. The molecule has 3 rings (SSSR count). The molecule has 0 aliphatic carbocycles. The molecule has 2 aromatic rings. The first-order valence-corrected chi connectivity index (χ1v) is 10.3. The second kappa shape index (κ2) is 9.37. The summed E-state index contributed by atoms with van der Waals surface area (Å²) in [6.07, 6.45) is 0.324. The molecule has 0 saturated carbocycles. The molecule has 0 unspecified atom stereocenters. The number of aryl methyl sites for hydroxylation is 2. The number of amides is 1. The highest BCUT2D eigenvalue weighted by molar-refractivity contribution is 7.80. The Kier molecular flexibility index (Phi) is 6.87. The van der Waals surface area contributed by atoms with Crippen LogP contribution in [0.1, 0.15) is 30.5 Å². The van der Waals surface area contributed by atoms with Crippen LogP contribution in [-0.2, 0) is 9.53 Å². The molecular weight excluding hydrogens is 384 g/mol. The van der Waals surface area contributed by atoms with Crippen LogP contribution in [0.2, 0.25) is 0 Å². The predicted molar refractivity (Wildman–Crippen MR) is 120 cm³/mol. The number of anilines is 1. The van der Waals surface area contributed by atoms with Crippen LogP contribution in [0.5, 0.6) is 5.75 Å². The largest absolute Gasteiger partial charge is 0.484 e. The Bertz CT molecular complexity index is 872. The first kappa shape index (κ1) is 21.3. The highest BCUT2D eigenvalue weighted by Crippen LogP contribution is 2.19. The van der Waals surface area contributed by atoms with Crippen LogP contribution >= 0.6 is 12.2 Å². The fraction of sp³-hybridized carbons (Fsp3) is 0.391. The van der Waals surface area contributed by atoms with Crippen LogP contribution in [0.15, 0.2) is 42.5 Å². The van der Waals surface area contributed by atoms with E-state index in [-0.39, 0.29) is 24.7 Å². The van der Waals surface area contributed by atoms with Crippen molar-refractivity contribution in [1.29, 1.82) is 0 Å². The molecule has 1 fully saturated rings. The van der Waals surface area contributed by atoms with Gasteiger partial charge in [0.25, 0.3) is 5.91 Å². The number of benzene rings is 2. The molecule has 0 spiro atoms. The number of carbonyl (C=O) groups is 1. The summed E-state index contributed by atoms with van der Waals surface area (Å²) in [6.45, 7) is 9.66. The third kappa shape index (κ3) is 5.78. The Hall–Kier alpha value is -2.44. The Balaban J connectivity index is 1.53. The number of nitrogens with one attached hydrogen (secondary N) is 1. The molecule has 1 N–H and O–H groups in total. The lowest BCUT2D eigenvalue weighted by atomic mass is 10.1. The van der Waals surface area contributed by atoms with Crippen molar-refractivity contribution >= 4 is 28.8 Å². The van der Waals surface area contributed by atoms with Crippen LogP contribution in [0.25, 0.3) is 0 Å². The average Bonchev–Trinajstić information content (AvgIpc) is 2.67. The van der Waals surface area contributed by atoms with E-state index in [1.54, 1.807) is 0 Å². The average molecular weight is 413 g/mol. The number of rotatable bonds is 5. The first-order valence-electron chi connectivity index (χ1n) is 9.86. The highest BCUT2D eigenvalue weighted by atomic mass is 32.1. The molecule has 154 valence electrons. The van der Waals surface area contributed by atoms with Crippen molar-refractivity contribution < 1.29 is 14.3 Å². The maximum Gasteiger partial charge on any atom is 0.262 e. The van der Waals surface area contributed by atoms with Crippen LogP contribution in [0.3, 0.4) is 0 Å². The number of nitrogens with zero attached hydrogens (tertiary/aromatic N) is 1. The van der Waals surface area contributed by atoms with Crippen LogP contribution in [-0.4, -0.2) is 47.7 Å². The van der Waals surface area contributed by atoms with E-state index < -0.39 is 0 Å². The normalized spacial score (nSPS) is 19.0. The summed E-state index contributed by atoms with van der Waals surface area (Å²) in [5.74, 6) is 0.448. The second-order valence-corrected chi connectivity index (χ2v) is 8.03. The summed E-state index contributed by atoms with van der Waals surface area (Å²) in [4.78, 5) is 15.2. The van der Waals surface area contributed by atoms with Crippen molar-refractivity contribution in [2.45, 2.75) is 39.9 Å². The molecule has 2 aromatic carbocycles. The Morgan fingerprint density at radius 1 is 1.14 bits per heavy atom. The number of morpholine rings is 1. The summed E-state index contributed by atoms with van der Waals surface area (Å²) in [6, 6.07) is 13.5. The number of carbonyl (C=O) groups excluding carboxylic acids is 1. The van der Waals surface area contributed by atoms with Gasteiger partial charge in [-0.1, -0.05) is 29.9 Å². The smallest absolute Gasteiger partial charge is 0.262 e. The van der Waals surface area contributed by atoms with E-state index in [0.717, 1.165) is 40.5 Å². The molecule has 0 radical (unpaired) electrons. The van der Waals surface area contributed by atoms with Crippen LogP contribution < -0.4 is 10.1 Å². The standard InChI is InChI=1S/C23H28N2O3S/c1-15-5-10-21(16(2)11-15)24-22(26)14-27-20-8-6-19(7-9-20)23(29)25-12-17(3)28-18(4)13-25/h5-11,17-18H,12-14H2,1-4H3,(H,24,26)/t17-,18-/m0/s1. The monoisotopic (exact) mass is 412 g/mol.